The van der Waals surface area contributed by atoms with Crippen LogP contribution in [0, 0.1) is 0 Å². The Morgan fingerprint density at radius 2 is 1.71 bits per heavy atom. The van der Waals surface area contributed by atoms with Crippen LogP contribution in [0.4, 0.5) is 11.5 Å². The molecule has 28 heavy (non-hydrogen) atoms. The predicted molar refractivity (Wildman–Crippen MR) is 113 cm³/mol. The molecule has 0 fully saturated rings. The Bertz CT molecular complexity index is 1110. The first kappa shape index (κ1) is 18.3. The minimum atomic E-state index is 0.261. The standard InChI is InChI=1S/C22H20N4OS/c1-14(2)18-12-11-17-21(25-18)23-13-24-22(17)26-19-5-3-4-6-20(19)28-16-9-7-15(27)8-10-16/h3-14,27H,1-2H3,(H,23,24,25,26). The van der Waals surface area contributed by atoms with Gasteiger partial charge >= 0.3 is 0 Å². The molecule has 2 heterocycles. The molecule has 6 heteroatoms. The number of hydrogen-bond donors (Lipinski definition) is 2. The molecular weight excluding hydrogens is 368 g/mol. The Kier molecular flexibility index (Phi) is 5.12. The molecule has 0 atom stereocenters. The van der Waals surface area contributed by atoms with Crippen LogP contribution in [0.15, 0.2) is 76.8 Å². The van der Waals surface area contributed by atoms with Gasteiger partial charge in [0.1, 0.15) is 17.9 Å². The lowest BCUT2D eigenvalue weighted by atomic mass is 10.1. The van der Waals surface area contributed by atoms with E-state index in [1.165, 1.54) is 6.33 Å². The van der Waals surface area contributed by atoms with Crippen molar-refractivity contribution < 1.29 is 5.11 Å². The molecular formula is C22H20N4OS. The van der Waals surface area contributed by atoms with E-state index in [-0.39, 0.29) is 5.75 Å². The van der Waals surface area contributed by atoms with Crippen LogP contribution in [0.2, 0.25) is 0 Å². The third-order valence-corrected chi connectivity index (χ3v) is 5.40. The Morgan fingerprint density at radius 1 is 0.929 bits per heavy atom. The molecule has 2 N–H and O–H groups in total. The number of aromatic nitrogens is 3. The first-order valence-corrected chi connectivity index (χ1v) is 9.86. The second-order valence-corrected chi connectivity index (χ2v) is 7.82. The molecule has 0 aliphatic carbocycles. The van der Waals surface area contributed by atoms with Crippen molar-refractivity contribution in [1.82, 2.24) is 15.0 Å². The number of anilines is 2. The number of nitrogens with one attached hydrogen (secondary N) is 1. The second kappa shape index (κ2) is 7.86. The van der Waals surface area contributed by atoms with Crippen LogP contribution in [0.25, 0.3) is 11.0 Å². The van der Waals surface area contributed by atoms with E-state index < -0.39 is 0 Å². The van der Waals surface area contributed by atoms with Gasteiger partial charge in [-0.3, -0.25) is 0 Å². The van der Waals surface area contributed by atoms with Crippen LogP contribution >= 0.6 is 11.8 Å². The fraction of sp³-hybridized carbons (Fsp3) is 0.136. The highest BCUT2D eigenvalue weighted by molar-refractivity contribution is 7.99. The smallest absolute Gasteiger partial charge is 0.164 e. The summed E-state index contributed by atoms with van der Waals surface area (Å²) in [6.45, 7) is 4.23. The predicted octanol–water partition coefficient (Wildman–Crippen LogP) is 5.75. The molecule has 2 aromatic carbocycles. The molecule has 0 radical (unpaired) electrons. The van der Waals surface area contributed by atoms with Gasteiger partial charge in [-0.2, -0.15) is 0 Å². The summed E-state index contributed by atoms with van der Waals surface area (Å²) in [5, 5.41) is 13.8. The number of hydrogen-bond acceptors (Lipinski definition) is 6. The lowest BCUT2D eigenvalue weighted by Gasteiger charge is -2.13. The summed E-state index contributed by atoms with van der Waals surface area (Å²) in [4.78, 5) is 15.5. The molecule has 0 bridgehead atoms. The fourth-order valence-electron chi connectivity index (χ4n) is 2.81. The molecule has 0 aliphatic rings. The van der Waals surface area contributed by atoms with Gasteiger partial charge in [0.05, 0.1) is 11.1 Å². The number of fused-ring (bicyclic) bond motifs is 1. The Balaban J connectivity index is 1.67. The van der Waals surface area contributed by atoms with Gasteiger partial charge in [0.2, 0.25) is 0 Å². The van der Waals surface area contributed by atoms with Gasteiger partial charge in [-0.05, 0) is 54.4 Å². The van der Waals surface area contributed by atoms with Crippen molar-refractivity contribution in [3.63, 3.8) is 0 Å². The summed E-state index contributed by atoms with van der Waals surface area (Å²) in [5.41, 5.74) is 2.65. The zero-order valence-electron chi connectivity index (χ0n) is 15.6. The highest BCUT2D eigenvalue weighted by Crippen LogP contribution is 2.36. The lowest BCUT2D eigenvalue weighted by molar-refractivity contribution is 0.475. The molecule has 4 rings (SSSR count). The molecule has 0 saturated heterocycles. The zero-order chi connectivity index (χ0) is 19.5. The van der Waals surface area contributed by atoms with Crippen LogP contribution in [0.3, 0.4) is 0 Å². The highest BCUT2D eigenvalue weighted by Gasteiger charge is 2.10. The molecule has 0 aliphatic heterocycles. The normalized spacial score (nSPS) is 11.1. The van der Waals surface area contributed by atoms with E-state index in [0.29, 0.717) is 11.6 Å². The average Bonchev–Trinajstić information content (AvgIpc) is 2.71. The van der Waals surface area contributed by atoms with Gasteiger partial charge in [0, 0.05) is 15.5 Å². The van der Waals surface area contributed by atoms with Crippen molar-refractivity contribution in [2.75, 3.05) is 5.32 Å². The summed E-state index contributed by atoms with van der Waals surface area (Å²) >= 11 is 1.62. The summed E-state index contributed by atoms with van der Waals surface area (Å²) < 4.78 is 0. The van der Waals surface area contributed by atoms with E-state index in [1.807, 2.05) is 42.5 Å². The number of phenolic OH excluding ortho intramolecular Hbond substituents is 1. The molecule has 140 valence electrons. The number of rotatable bonds is 5. The van der Waals surface area contributed by atoms with Crippen LogP contribution in [0.5, 0.6) is 5.75 Å². The number of pyridine rings is 1. The van der Waals surface area contributed by atoms with E-state index in [1.54, 1.807) is 23.9 Å². The number of benzene rings is 2. The molecule has 0 unspecified atom stereocenters. The van der Waals surface area contributed by atoms with Crippen LogP contribution in [0.1, 0.15) is 25.5 Å². The van der Waals surface area contributed by atoms with Crippen molar-refractivity contribution >= 4 is 34.3 Å². The maximum Gasteiger partial charge on any atom is 0.164 e. The summed E-state index contributed by atoms with van der Waals surface area (Å²) in [6.07, 6.45) is 1.54. The van der Waals surface area contributed by atoms with Gasteiger partial charge in [-0.15, -0.1) is 0 Å². The number of nitrogens with zero attached hydrogens (tertiary/aromatic N) is 3. The summed E-state index contributed by atoms with van der Waals surface area (Å²) in [5.74, 6) is 1.33. The van der Waals surface area contributed by atoms with Crippen molar-refractivity contribution in [2.45, 2.75) is 29.6 Å². The Labute approximate surface area is 167 Å². The largest absolute Gasteiger partial charge is 0.508 e. The summed E-state index contributed by atoms with van der Waals surface area (Å²) in [7, 11) is 0. The second-order valence-electron chi connectivity index (χ2n) is 6.70. The first-order valence-electron chi connectivity index (χ1n) is 9.05. The Morgan fingerprint density at radius 3 is 2.50 bits per heavy atom. The van der Waals surface area contributed by atoms with Crippen molar-refractivity contribution in [2.24, 2.45) is 0 Å². The molecule has 0 amide bonds. The molecule has 5 nitrogen and oxygen atoms in total. The van der Waals surface area contributed by atoms with E-state index in [2.05, 4.69) is 40.2 Å². The molecule has 4 aromatic rings. The average molecular weight is 388 g/mol. The van der Waals surface area contributed by atoms with E-state index in [9.17, 15) is 5.11 Å². The maximum absolute atomic E-state index is 9.48. The van der Waals surface area contributed by atoms with Gasteiger partial charge in [-0.1, -0.05) is 37.7 Å². The lowest BCUT2D eigenvalue weighted by Crippen LogP contribution is -2.00. The van der Waals surface area contributed by atoms with E-state index in [0.717, 1.165) is 32.4 Å². The fourth-order valence-corrected chi connectivity index (χ4v) is 3.71. The number of aromatic hydroxyl groups is 1. The maximum atomic E-state index is 9.48. The minimum Gasteiger partial charge on any atom is -0.508 e. The van der Waals surface area contributed by atoms with Gasteiger partial charge in [-0.25, -0.2) is 15.0 Å². The van der Waals surface area contributed by atoms with Crippen LogP contribution in [-0.2, 0) is 0 Å². The monoisotopic (exact) mass is 388 g/mol. The molecule has 2 aromatic heterocycles. The van der Waals surface area contributed by atoms with Crippen LogP contribution in [-0.4, -0.2) is 20.1 Å². The van der Waals surface area contributed by atoms with Crippen molar-refractivity contribution in [1.29, 1.82) is 0 Å². The van der Waals surface area contributed by atoms with Crippen molar-refractivity contribution in [3.8, 4) is 5.75 Å². The summed E-state index contributed by atoms with van der Waals surface area (Å²) in [6, 6.07) is 19.3. The SMILES string of the molecule is CC(C)c1ccc2c(Nc3ccccc3Sc3ccc(O)cc3)ncnc2n1. The first-order chi connectivity index (χ1) is 13.6. The van der Waals surface area contributed by atoms with Gasteiger partial charge < -0.3 is 10.4 Å². The van der Waals surface area contributed by atoms with Gasteiger partial charge in [0.25, 0.3) is 0 Å². The molecule has 0 spiro atoms. The molecule has 0 saturated carbocycles. The van der Waals surface area contributed by atoms with Crippen LogP contribution < -0.4 is 5.32 Å². The zero-order valence-corrected chi connectivity index (χ0v) is 16.4. The highest BCUT2D eigenvalue weighted by atomic mass is 32.2. The van der Waals surface area contributed by atoms with Crippen molar-refractivity contribution in [3.05, 3.63) is 72.7 Å². The minimum absolute atomic E-state index is 0.261. The van der Waals surface area contributed by atoms with E-state index >= 15 is 0 Å². The quantitative estimate of drug-likeness (QED) is 0.454. The number of phenols is 1. The van der Waals surface area contributed by atoms with E-state index in [4.69, 9.17) is 0 Å². The number of para-hydroxylation sites is 1. The third kappa shape index (κ3) is 3.92. The third-order valence-electron chi connectivity index (χ3n) is 4.31. The topological polar surface area (TPSA) is 70.9 Å². The van der Waals surface area contributed by atoms with Gasteiger partial charge in [0.15, 0.2) is 5.65 Å². The Hall–Kier alpha value is -3.12.